The third kappa shape index (κ3) is 4.45. The molecule has 0 atom stereocenters. The molecule has 1 aromatic carbocycles. The molecule has 6 heteroatoms. The van der Waals surface area contributed by atoms with Crippen LogP contribution in [0.15, 0.2) is 41.3 Å². The van der Waals surface area contributed by atoms with Gasteiger partial charge in [-0.2, -0.15) is 0 Å². The first-order valence-corrected chi connectivity index (χ1v) is 9.41. The van der Waals surface area contributed by atoms with Crippen molar-refractivity contribution in [3.05, 3.63) is 58.0 Å². The highest BCUT2D eigenvalue weighted by Gasteiger charge is 2.23. The zero-order chi connectivity index (χ0) is 19.4. The summed E-state index contributed by atoms with van der Waals surface area (Å²) in [6, 6.07) is 8.45. The summed E-state index contributed by atoms with van der Waals surface area (Å²) < 4.78 is 1.52. The number of carbonyl (C=O) groups excluding carboxylic acids is 2. The fourth-order valence-electron chi connectivity index (χ4n) is 3.40. The number of benzene rings is 1. The van der Waals surface area contributed by atoms with Gasteiger partial charge in [0.2, 0.25) is 5.91 Å². The lowest BCUT2D eigenvalue weighted by atomic mass is 10.1. The topological polar surface area (TPSA) is 80.2 Å². The highest BCUT2D eigenvalue weighted by Crippen LogP contribution is 2.29. The minimum atomic E-state index is -0.377. The Morgan fingerprint density at radius 3 is 2.48 bits per heavy atom. The van der Waals surface area contributed by atoms with Gasteiger partial charge in [-0.05, 0) is 50.5 Å². The standard InChI is InChI=1S/C21H25N3O3/c1-3-24-11-10-16(13-19(24)25)21(27)23-18-12-14(2)8-9-17(18)22-20(26)15-6-4-5-7-15/h8-13,15H,3-7H2,1-2H3,(H,22,26)(H,23,27). The molecule has 0 spiro atoms. The fraction of sp³-hybridized carbons (Fsp3) is 0.381. The number of carbonyl (C=O) groups is 2. The van der Waals surface area contributed by atoms with Crippen molar-refractivity contribution in [3.63, 3.8) is 0 Å². The van der Waals surface area contributed by atoms with Crippen LogP contribution >= 0.6 is 0 Å². The van der Waals surface area contributed by atoms with Gasteiger partial charge in [0, 0.05) is 30.3 Å². The van der Waals surface area contributed by atoms with Crippen molar-refractivity contribution in [1.29, 1.82) is 0 Å². The van der Waals surface area contributed by atoms with Gasteiger partial charge in [-0.15, -0.1) is 0 Å². The summed E-state index contributed by atoms with van der Waals surface area (Å²) in [7, 11) is 0. The number of aryl methyl sites for hydroxylation is 2. The molecule has 1 heterocycles. The van der Waals surface area contributed by atoms with Crippen LogP contribution in [0.25, 0.3) is 0 Å². The molecule has 2 N–H and O–H groups in total. The molecule has 2 amide bonds. The van der Waals surface area contributed by atoms with Crippen LogP contribution < -0.4 is 16.2 Å². The van der Waals surface area contributed by atoms with Gasteiger partial charge in [0.1, 0.15) is 0 Å². The SMILES string of the molecule is CCn1ccc(C(=O)Nc2cc(C)ccc2NC(=O)C2CCCC2)cc1=O. The second-order valence-electron chi connectivity index (χ2n) is 7.01. The normalized spacial score (nSPS) is 14.1. The van der Waals surface area contributed by atoms with Crippen molar-refractivity contribution in [2.24, 2.45) is 5.92 Å². The highest BCUT2D eigenvalue weighted by molar-refractivity contribution is 6.07. The number of anilines is 2. The number of aromatic nitrogens is 1. The Morgan fingerprint density at radius 1 is 1.07 bits per heavy atom. The number of rotatable bonds is 5. The molecule has 0 aliphatic heterocycles. The smallest absolute Gasteiger partial charge is 0.255 e. The van der Waals surface area contributed by atoms with E-state index >= 15 is 0 Å². The zero-order valence-corrected chi connectivity index (χ0v) is 15.7. The molecule has 142 valence electrons. The molecule has 1 aliphatic carbocycles. The summed E-state index contributed by atoms with van der Waals surface area (Å²) in [5, 5.41) is 5.77. The summed E-state index contributed by atoms with van der Waals surface area (Å²) in [5.41, 5.74) is 2.15. The third-order valence-electron chi connectivity index (χ3n) is 5.01. The monoisotopic (exact) mass is 367 g/mol. The predicted molar refractivity (Wildman–Crippen MR) is 106 cm³/mol. The van der Waals surface area contributed by atoms with Crippen molar-refractivity contribution in [3.8, 4) is 0 Å². The highest BCUT2D eigenvalue weighted by atomic mass is 16.2. The first kappa shape index (κ1) is 18.9. The van der Waals surface area contributed by atoms with E-state index in [0.29, 0.717) is 23.5 Å². The van der Waals surface area contributed by atoms with Crippen LogP contribution in [0.4, 0.5) is 11.4 Å². The predicted octanol–water partition coefficient (Wildman–Crippen LogP) is 3.56. The molecule has 6 nitrogen and oxygen atoms in total. The summed E-state index contributed by atoms with van der Waals surface area (Å²) in [6.45, 7) is 4.34. The van der Waals surface area contributed by atoms with Crippen molar-refractivity contribution in [2.75, 3.05) is 10.6 Å². The Hall–Kier alpha value is -2.89. The van der Waals surface area contributed by atoms with E-state index in [1.165, 1.54) is 10.6 Å². The second-order valence-corrected chi connectivity index (χ2v) is 7.01. The Bertz CT molecular complexity index is 911. The molecule has 27 heavy (non-hydrogen) atoms. The van der Waals surface area contributed by atoms with Crippen LogP contribution in [0.5, 0.6) is 0 Å². The van der Waals surface area contributed by atoms with Crippen molar-refractivity contribution in [1.82, 2.24) is 4.57 Å². The molecule has 0 saturated heterocycles. The Labute approximate surface area is 158 Å². The number of amides is 2. The summed E-state index contributed by atoms with van der Waals surface area (Å²) >= 11 is 0. The molecule has 0 bridgehead atoms. The lowest BCUT2D eigenvalue weighted by Crippen LogP contribution is -2.23. The van der Waals surface area contributed by atoms with Crippen LogP contribution in [0, 0.1) is 12.8 Å². The van der Waals surface area contributed by atoms with E-state index in [4.69, 9.17) is 0 Å². The first-order chi connectivity index (χ1) is 13.0. The average molecular weight is 367 g/mol. The van der Waals surface area contributed by atoms with Crippen molar-refractivity contribution in [2.45, 2.75) is 46.1 Å². The van der Waals surface area contributed by atoms with E-state index in [2.05, 4.69) is 10.6 Å². The van der Waals surface area contributed by atoms with E-state index in [0.717, 1.165) is 31.2 Å². The molecule has 1 fully saturated rings. The Kier molecular flexibility index (Phi) is 5.74. The minimum Gasteiger partial charge on any atom is -0.324 e. The maximum Gasteiger partial charge on any atom is 0.255 e. The van der Waals surface area contributed by atoms with Crippen LogP contribution in [0.1, 0.15) is 48.5 Å². The largest absolute Gasteiger partial charge is 0.324 e. The summed E-state index contributed by atoms with van der Waals surface area (Å²) in [4.78, 5) is 37.0. The number of pyridine rings is 1. The van der Waals surface area contributed by atoms with Crippen molar-refractivity contribution >= 4 is 23.2 Å². The van der Waals surface area contributed by atoms with Gasteiger partial charge in [0.05, 0.1) is 11.4 Å². The molecule has 1 aromatic heterocycles. The minimum absolute atomic E-state index is 0.00241. The number of hydrogen-bond acceptors (Lipinski definition) is 3. The number of hydrogen-bond donors (Lipinski definition) is 2. The van der Waals surface area contributed by atoms with Gasteiger partial charge in [0.25, 0.3) is 11.5 Å². The molecular formula is C21H25N3O3. The maximum atomic E-state index is 12.6. The van der Waals surface area contributed by atoms with E-state index in [1.807, 2.05) is 26.0 Å². The fourth-order valence-corrected chi connectivity index (χ4v) is 3.40. The first-order valence-electron chi connectivity index (χ1n) is 9.41. The van der Waals surface area contributed by atoms with Crippen LogP contribution in [-0.2, 0) is 11.3 Å². The molecule has 0 unspecified atom stereocenters. The van der Waals surface area contributed by atoms with Gasteiger partial charge in [-0.1, -0.05) is 18.9 Å². The number of nitrogens with one attached hydrogen (secondary N) is 2. The van der Waals surface area contributed by atoms with Crippen LogP contribution in [0.2, 0.25) is 0 Å². The molecule has 0 radical (unpaired) electrons. The lowest BCUT2D eigenvalue weighted by Gasteiger charge is -2.15. The maximum absolute atomic E-state index is 12.6. The second kappa shape index (κ2) is 8.20. The van der Waals surface area contributed by atoms with E-state index in [1.54, 1.807) is 18.3 Å². The molecular weight excluding hydrogens is 342 g/mol. The van der Waals surface area contributed by atoms with E-state index in [-0.39, 0.29) is 23.3 Å². The molecule has 1 saturated carbocycles. The average Bonchev–Trinajstić information content (AvgIpc) is 3.18. The molecule has 3 rings (SSSR count). The van der Waals surface area contributed by atoms with Gasteiger partial charge >= 0.3 is 0 Å². The van der Waals surface area contributed by atoms with E-state index < -0.39 is 0 Å². The summed E-state index contributed by atoms with van der Waals surface area (Å²) in [6.07, 6.45) is 5.59. The van der Waals surface area contributed by atoms with Gasteiger partial charge < -0.3 is 15.2 Å². The number of nitrogens with zero attached hydrogens (tertiary/aromatic N) is 1. The van der Waals surface area contributed by atoms with Crippen molar-refractivity contribution < 1.29 is 9.59 Å². The Balaban J connectivity index is 1.80. The third-order valence-corrected chi connectivity index (χ3v) is 5.01. The zero-order valence-electron chi connectivity index (χ0n) is 15.7. The quantitative estimate of drug-likeness (QED) is 0.848. The lowest BCUT2D eigenvalue weighted by molar-refractivity contribution is -0.119. The molecule has 2 aromatic rings. The van der Waals surface area contributed by atoms with Gasteiger partial charge in [-0.25, -0.2) is 0 Å². The van der Waals surface area contributed by atoms with Crippen LogP contribution in [0.3, 0.4) is 0 Å². The summed E-state index contributed by atoms with van der Waals surface area (Å²) in [5.74, 6) is -0.341. The van der Waals surface area contributed by atoms with Crippen LogP contribution in [-0.4, -0.2) is 16.4 Å². The van der Waals surface area contributed by atoms with Gasteiger partial charge in [0.15, 0.2) is 0 Å². The Morgan fingerprint density at radius 2 is 1.81 bits per heavy atom. The van der Waals surface area contributed by atoms with E-state index in [9.17, 15) is 14.4 Å². The molecule has 1 aliphatic rings. The van der Waals surface area contributed by atoms with Gasteiger partial charge in [-0.3, -0.25) is 14.4 Å².